The minimum absolute atomic E-state index is 0.356. The van der Waals surface area contributed by atoms with Crippen LogP contribution >= 0.6 is 0 Å². The summed E-state index contributed by atoms with van der Waals surface area (Å²) in [6, 6.07) is 2.20. The first-order chi connectivity index (χ1) is 9.24. The van der Waals surface area contributed by atoms with Crippen LogP contribution in [0.3, 0.4) is 0 Å². The molecule has 4 heteroatoms. The Hall–Kier alpha value is -1.13. The molecule has 2 rings (SSSR count). The normalized spacial score (nSPS) is 19.7. The first-order valence-electron chi connectivity index (χ1n) is 7.18. The highest BCUT2D eigenvalue weighted by molar-refractivity contribution is 5.54. The van der Waals surface area contributed by atoms with Crippen LogP contribution in [-0.4, -0.2) is 37.8 Å². The number of nitrogens with one attached hydrogen (secondary N) is 1. The van der Waals surface area contributed by atoms with E-state index in [2.05, 4.69) is 35.1 Å². The largest absolute Gasteiger partial charge is 0.380 e. The summed E-state index contributed by atoms with van der Waals surface area (Å²) in [4.78, 5) is 6.87. The number of aromatic nitrogens is 1. The van der Waals surface area contributed by atoms with E-state index in [4.69, 9.17) is 4.74 Å². The molecule has 2 heterocycles. The van der Waals surface area contributed by atoms with Gasteiger partial charge < -0.3 is 15.0 Å². The number of hydrogen-bond acceptors (Lipinski definition) is 4. The Morgan fingerprint density at radius 2 is 2.37 bits per heavy atom. The van der Waals surface area contributed by atoms with Gasteiger partial charge in [-0.2, -0.15) is 0 Å². The zero-order chi connectivity index (χ0) is 13.7. The molecule has 1 saturated heterocycles. The van der Waals surface area contributed by atoms with Crippen molar-refractivity contribution < 1.29 is 4.74 Å². The van der Waals surface area contributed by atoms with Crippen LogP contribution in [0.1, 0.15) is 31.0 Å². The zero-order valence-corrected chi connectivity index (χ0v) is 12.3. The lowest BCUT2D eigenvalue weighted by Gasteiger charge is -2.35. The van der Waals surface area contributed by atoms with Gasteiger partial charge in [-0.25, -0.2) is 0 Å². The van der Waals surface area contributed by atoms with Gasteiger partial charge in [0.1, 0.15) is 0 Å². The molecule has 1 atom stereocenters. The van der Waals surface area contributed by atoms with Gasteiger partial charge in [0, 0.05) is 49.9 Å². The quantitative estimate of drug-likeness (QED) is 0.883. The Kier molecular flexibility index (Phi) is 5.16. The van der Waals surface area contributed by atoms with Crippen molar-refractivity contribution in [2.75, 3.05) is 31.6 Å². The second kappa shape index (κ2) is 6.87. The molecule has 0 amide bonds. The van der Waals surface area contributed by atoms with Crippen molar-refractivity contribution in [1.29, 1.82) is 0 Å². The summed E-state index contributed by atoms with van der Waals surface area (Å²) < 4.78 is 5.52. The van der Waals surface area contributed by atoms with Crippen molar-refractivity contribution in [3.63, 3.8) is 0 Å². The lowest BCUT2D eigenvalue weighted by atomic mass is 10.1. The molecule has 1 aromatic rings. The van der Waals surface area contributed by atoms with Crippen molar-refractivity contribution in [2.45, 2.75) is 39.3 Å². The van der Waals surface area contributed by atoms with Crippen LogP contribution in [0, 0.1) is 6.92 Å². The summed E-state index contributed by atoms with van der Waals surface area (Å²) in [5, 5.41) is 3.39. The number of hydrogen-bond donors (Lipinski definition) is 1. The first kappa shape index (κ1) is 14.3. The molecule has 0 spiro atoms. The van der Waals surface area contributed by atoms with Crippen molar-refractivity contribution in [3.05, 3.63) is 23.5 Å². The molecule has 1 fully saturated rings. The fourth-order valence-electron chi connectivity index (χ4n) is 2.61. The van der Waals surface area contributed by atoms with Crippen LogP contribution in [0.2, 0.25) is 0 Å². The molecule has 0 saturated carbocycles. The third-order valence-corrected chi connectivity index (χ3v) is 3.72. The standard InChI is InChI=1S/C15H25N3O/c1-4-16-9-13-10-17-12(2)8-15(13)18-7-5-6-14(11-18)19-3/h8,10,14,16H,4-7,9,11H2,1-3H3. The Balaban J connectivity index is 2.18. The maximum Gasteiger partial charge on any atom is 0.0746 e. The summed E-state index contributed by atoms with van der Waals surface area (Å²) >= 11 is 0. The summed E-state index contributed by atoms with van der Waals surface area (Å²) in [5.41, 5.74) is 3.68. The summed E-state index contributed by atoms with van der Waals surface area (Å²) in [5.74, 6) is 0. The topological polar surface area (TPSA) is 37.4 Å². The van der Waals surface area contributed by atoms with Gasteiger partial charge in [-0.05, 0) is 32.4 Å². The Bertz CT molecular complexity index is 408. The lowest BCUT2D eigenvalue weighted by Crippen LogP contribution is -2.40. The molecule has 106 valence electrons. The Morgan fingerprint density at radius 1 is 1.53 bits per heavy atom. The van der Waals surface area contributed by atoms with Gasteiger partial charge in [0.15, 0.2) is 0 Å². The summed E-state index contributed by atoms with van der Waals surface area (Å²) in [7, 11) is 1.81. The van der Waals surface area contributed by atoms with Crippen molar-refractivity contribution in [2.24, 2.45) is 0 Å². The smallest absolute Gasteiger partial charge is 0.0746 e. The SMILES string of the molecule is CCNCc1cnc(C)cc1N1CCCC(OC)C1. The number of nitrogens with zero attached hydrogens (tertiary/aromatic N) is 2. The molecule has 1 aliphatic heterocycles. The highest BCUT2D eigenvalue weighted by atomic mass is 16.5. The number of methoxy groups -OCH3 is 1. The third kappa shape index (κ3) is 3.67. The number of piperidine rings is 1. The number of rotatable bonds is 5. The van der Waals surface area contributed by atoms with Crippen LogP contribution in [0.15, 0.2) is 12.3 Å². The van der Waals surface area contributed by atoms with Gasteiger partial charge in [-0.3, -0.25) is 4.98 Å². The first-order valence-corrected chi connectivity index (χ1v) is 7.18. The number of anilines is 1. The van der Waals surface area contributed by atoms with Crippen LogP contribution in [0.25, 0.3) is 0 Å². The van der Waals surface area contributed by atoms with Crippen molar-refractivity contribution in [3.8, 4) is 0 Å². The molecule has 0 bridgehead atoms. The minimum Gasteiger partial charge on any atom is -0.380 e. The second-order valence-electron chi connectivity index (χ2n) is 5.18. The van der Waals surface area contributed by atoms with Gasteiger partial charge in [-0.1, -0.05) is 6.92 Å². The summed E-state index contributed by atoms with van der Waals surface area (Å²) in [6.07, 6.45) is 4.72. The molecule has 1 N–H and O–H groups in total. The lowest BCUT2D eigenvalue weighted by molar-refractivity contribution is 0.0893. The molecule has 0 aromatic carbocycles. The molecule has 0 aliphatic carbocycles. The predicted molar refractivity (Wildman–Crippen MR) is 78.6 cm³/mol. The van der Waals surface area contributed by atoms with Crippen LogP contribution in [0.4, 0.5) is 5.69 Å². The fourth-order valence-corrected chi connectivity index (χ4v) is 2.61. The maximum absolute atomic E-state index is 5.52. The molecule has 19 heavy (non-hydrogen) atoms. The number of ether oxygens (including phenoxy) is 1. The van der Waals surface area contributed by atoms with Crippen LogP contribution in [-0.2, 0) is 11.3 Å². The monoisotopic (exact) mass is 263 g/mol. The number of pyridine rings is 1. The predicted octanol–water partition coefficient (Wildman–Crippen LogP) is 2.11. The molecule has 0 radical (unpaired) electrons. The average molecular weight is 263 g/mol. The highest BCUT2D eigenvalue weighted by Crippen LogP contribution is 2.25. The average Bonchev–Trinajstić information content (AvgIpc) is 2.46. The van der Waals surface area contributed by atoms with E-state index in [1.54, 1.807) is 0 Å². The third-order valence-electron chi connectivity index (χ3n) is 3.72. The van der Waals surface area contributed by atoms with E-state index in [-0.39, 0.29) is 0 Å². The van der Waals surface area contributed by atoms with Gasteiger partial charge >= 0.3 is 0 Å². The fraction of sp³-hybridized carbons (Fsp3) is 0.667. The molecular formula is C15H25N3O. The highest BCUT2D eigenvalue weighted by Gasteiger charge is 2.21. The van der Waals surface area contributed by atoms with Gasteiger partial charge in [0.25, 0.3) is 0 Å². The zero-order valence-electron chi connectivity index (χ0n) is 12.3. The van der Waals surface area contributed by atoms with Gasteiger partial charge in [0.2, 0.25) is 0 Å². The van der Waals surface area contributed by atoms with E-state index < -0.39 is 0 Å². The molecule has 4 nitrogen and oxygen atoms in total. The second-order valence-corrected chi connectivity index (χ2v) is 5.18. The van der Waals surface area contributed by atoms with E-state index in [0.29, 0.717) is 6.10 Å². The maximum atomic E-state index is 5.52. The van der Waals surface area contributed by atoms with E-state index in [0.717, 1.165) is 31.9 Å². The molecular weight excluding hydrogens is 238 g/mol. The molecule has 1 aromatic heterocycles. The van der Waals surface area contributed by atoms with Gasteiger partial charge in [0.05, 0.1) is 6.10 Å². The van der Waals surface area contributed by atoms with Crippen LogP contribution in [0.5, 0.6) is 0 Å². The molecule has 1 unspecified atom stereocenters. The van der Waals surface area contributed by atoms with Crippen LogP contribution < -0.4 is 10.2 Å². The van der Waals surface area contributed by atoms with E-state index in [1.807, 2.05) is 13.3 Å². The summed E-state index contributed by atoms with van der Waals surface area (Å²) in [6.45, 7) is 8.14. The minimum atomic E-state index is 0.356. The Morgan fingerprint density at radius 3 is 3.11 bits per heavy atom. The van der Waals surface area contributed by atoms with E-state index in [9.17, 15) is 0 Å². The number of aryl methyl sites for hydroxylation is 1. The Labute approximate surface area is 116 Å². The molecule has 1 aliphatic rings. The van der Waals surface area contributed by atoms with Crippen molar-refractivity contribution in [1.82, 2.24) is 10.3 Å². The van der Waals surface area contributed by atoms with Crippen molar-refractivity contribution >= 4 is 5.69 Å². The van der Waals surface area contributed by atoms with E-state index in [1.165, 1.54) is 24.1 Å². The van der Waals surface area contributed by atoms with Gasteiger partial charge in [-0.15, -0.1) is 0 Å². The van der Waals surface area contributed by atoms with E-state index >= 15 is 0 Å².